The minimum absolute atomic E-state index is 0.0465. The zero-order chi connectivity index (χ0) is 28.4. The molecule has 1 fully saturated rings. The summed E-state index contributed by atoms with van der Waals surface area (Å²) in [5.41, 5.74) is 3.18. The van der Waals surface area contributed by atoms with E-state index in [0.29, 0.717) is 17.3 Å². The highest BCUT2D eigenvalue weighted by atomic mass is 32.2. The van der Waals surface area contributed by atoms with Crippen LogP contribution < -0.4 is 20.4 Å². The van der Waals surface area contributed by atoms with Crippen molar-refractivity contribution in [1.82, 2.24) is 15.4 Å². The molecule has 0 saturated heterocycles. The van der Waals surface area contributed by atoms with Crippen molar-refractivity contribution in [2.75, 3.05) is 34.8 Å². The number of hydrogen-bond donors (Lipinski definition) is 3. The van der Waals surface area contributed by atoms with E-state index in [4.69, 9.17) is 4.84 Å². The summed E-state index contributed by atoms with van der Waals surface area (Å²) < 4.78 is 65.2. The molecule has 0 unspecified atom stereocenters. The van der Waals surface area contributed by atoms with Crippen LogP contribution >= 0.6 is 0 Å². The summed E-state index contributed by atoms with van der Waals surface area (Å²) in [5, 5.41) is 5.81. The van der Waals surface area contributed by atoms with Gasteiger partial charge in [0.1, 0.15) is 17.3 Å². The molecule has 2 heterocycles. The standard InChI is InChI=1S/C25H27F3N6O4S/c1-4-38-33-24(35)17-14-29-23(32-22-7-5-6-21(31-22)25(26,27)28)13-19(17)30-18-11-10-16(15-8-9-15)12-20(18)34(2)39(3,36)37/h5-7,10-15H,4,8-9H2,1-3H3,(H,33,35)(H2,29,30,31,32). The quantitative estimate of drug-likeness (QED) is 0.296. The number of aromatic nitrogens is 2. The van der Waals surface area contributed by atoms with Crippen LogP contribution in [0.15, 0.2) is 48.7 Å². The van der Waals surface area contributed by atoms with Gasteiger partial charge in [-0.2, -0.15) is 13.2 Å². The van der Waals surface area contributed by atoms with Crippen molar-refractivity contribution in [2.24, 2.45) is 0 Å². The predicted molar refractivity (Wildman–Crippen MR) is 141 cm³/mol. The lowest BCUT2D eigenvalue weighted by atomic mass is 10.1. The lowest BCUT2D eigenvalue weighted by Gasteiger charge is -2.23. The molecule has 14 heteroatoms. The number of pyridine rings is 2. The fourth-order valence-corrected chi connectivity index (χ4v) is 4.21. The minimum Gasteiger partial charge on any atom is -0.353 e. The van der Waals surface area contributed by atoms with Crippen LogP contribution in [0.5, 0.6) is 0 Å². The van der Waals surface area contributed by atoms with Gasteiger partial charge in [0.2, 0.25) is 10.0 Å². The smallest absolute Gasteiger partial charge is 0.353 e. The summed E-state index contributed by atoms with van der Waals surface area (Å²) in [6.45, 7) is 1.89. The third-order valence-electron chi connectivity index (χ3n) is 5.93. The highest BCUT2D eigenvalue weighted by Gasteiger charge is 2.32. The topological polar surface area (TPSA) is 126 Å². The van der Waals surface area contributed by atoms with E-state index in [1.54, 1.807) is 19.1 Å². The number of alkyl halides is 3. The third-order valence-corrected chi connectivity index (χ3v) is 7.12. The molecular formula is C25H27F3N6O4S. The molecule has 1 aromatic carbocycles. The van der Waals surface area contributed by atoms with Crippen molar-refractivity contribution in [3.8, 4) is 0 Å². The van der Waals surface area contributed by atoms with E-state index in [9.17, 15) is 26.4 Å². The average molecular weight is 565 g/mol. The van der Waals surface area contributed by atoms with Crippen LogP contribution in [0.3, 0.4) is 0 Å². The first-order valence-corrected chi connectivity index (χ1v) is 13.8. The molecule has 0 atom stereocenters. The van der Waals surface area contributed by atoms with Gasteiger partial charge in [-0.05, 0) is 55.5 Å². The van der Waals surface area contributed by atoms with E-state index >= 15 is 0 Å². The summed E-state index contributed by atoms with van der Waals surface area (Å²) in [7, 11) is -2.20. The Morgan fingerprint density at radius 2 is 1.85 bits per heavy atom. The largest absolute Gasteiger partial charge is 0.433 e. The number of nitrogens with one attached hydrogen (secondary N) is 3. The molecule has 1 aliphatic carbocycles. The van der Waals surface area contributed by atoms with Crippen LogP contribution in [0, 0.1) is 0 Å². The number of carbonyl (C=O) groups is 1. The highest BCUT2D eigenvalue weighted by molar-refractivity contribution is 7.92. The third kappa shape index (κ3) is 6.95. The van der Waals surface area contributed by atoms with Gasteiger partial charge in [-0.15, -0.1) is 0 Å². The number of sulfonamides is 1. The average Bonchev–Trinajstić information content (AvgIpc) is 3.72. The first-order chi connectivity index (χ1) is 18.4. The van der Waals surface area contributed by atoms with Gasteiger partial charge in [0.15, 0.2) is 0 Å². The molecule has 1 saturated carbocycles. The molecule has 0 radical (unpaired) electrons. The van der Waals surface area contributed by atoms with Crippen molar-refractivity contribution in [2.45, 2.75) is 31.9 Å². The van der Waals surface area contributed by atoms with Gasteiger partial charge in [-0.3, -0.25) is 13.9 Å². The van der Waals surface area contributed by atoms with Crippen LogP contribution in [0.1, 0.15) is 47.3 Å². The molecule has 0 aliphatic heterocycles. The Labute approximate surface area is 223 Å². The second-order valence-electron chi connectivity index (χ2n) is 8.92. The number of nitrogens with zero attached hydrogens (tertiary/aromatic N) is 3. The molecule has 0 spiro atoms. The van der Waals surface area contributed by atoms with Gasteiger partial charge in [-0.1, -0.05) is 12.1 Å². The van der Waals surface area contributed by atoms with E-state index in [-0.39, 0.29) is 29.5 Å². The first-order valence-electron chi connectivity index (χ1n) is 11.9. The second-order valence-corrected chi connectivity index (χ2v) is 10.9. The first kappa shape index (κ1) is 28.1. The Hall–Kier alpha value is -3.91. The minimum atomic E-state index is -4.63. The van der Waals surface area contributed by atoms with Gasteiger partial charge in [0.05, 0.1) is 35.5 Å². The molecule has 39 heavy (non-hydrogen) atoms. The highest BCUT2D eigenvalue weighted by Crippen LogP contribution is 2.43. The fraction of sp³-hybridized carbons (Fsp3) is 0.320. The fourth-order valence-electron chi connectivity index (χ4n) is 3.70. The summed E-state index contributed by atoms with van der Waals surface area (Å²) in [6, 6.07) is 10.2. The van der Waals surface area contributed by atoms with Gasteiger partial charge < -0.3 is 10.6 Å². The van der Waals surface area contributed by atoms with E-state index < -0.39 is 27.8 Å². The molecule has 0 bridgehead atoms. The van der Waals surface area contributed by atoms with E-state index in [2.05, 4.69) is 26.1 Å². The number of hydroxylamine groups is 1. The van der Waals surface area contributed by atoms with Crippen LogP contribution in [-0.2, 0) is 21.0 Å². The SMILES string of the molecule is CCONC(=O)c1cnc(Nc2cccc(C(F)(F)F)n2)cc1Nc1ccc(C2CC2)cc1N(C)S(C)(=O)=O. The molecule has 208 valence electrons. The Morgan fingerprint density at radius 1 is 1.10 bits per heavy atom. The number of benzene rings is 1. The number of amides is 1. The normalized spacial score (nSPS) is 13.6. The molecule has 1 aliphatic rings. The number of anilines is 5. The molecular weight excluding hydrogens is 537 g/mol. The van der Waals surface area contributed by atoms with E-state index in [0.717, 1.165) is 35.0 Å². The zero-order valence-electron chi connectivity index (χ0n) is 21.3. The summed E-state index contributed by atoms with van der Waals surface area (Å²) in [4.78, 5) is 25.5. The number of halogens is 3. The lowest BCUT2D eigenvalue weighted by molar-refractivity contribution is -0.141. The molecule has 3 aromatic rings. The number of carbonyl (C=O) groups excluding carboxylic acids is 1. The maximum Gasteiger partial charge on any atom is 0.433 e. The van der Waals surface area contributed by atoms with Crippen LogP contribution in [0.2, 0.25) is 0 Å². The molecule has 4 rings (SSSR count). The predicted octanol–water partition coefficient (Wildman–Crippen LogP) is 4.94. The molecule has 2 aromatic heterocycles. The van der Waals surface area contributed by atoms with Gasteiger partial charge >= 0.3 is 6.18 Å². The maximum atomic E-state index is 13.1. The van der Waals surface area contributed by atoms with Crippen molar-refractivity contribution in [3.63, 3.8) is 0 Å². The van der Waals surface area contributed by atoms with E-state index in [1.807, 2.05) is 6.07 Å². The van der Waals surface area contributed by atoms with Crippen molar-refractivity contribution in [1.29, 1.82) is 0 Å². The van der Waals surface area contributed by atoms with Crippen LogP contribution in [-0.4, -0.2) is 44.2 Å². The summed E-state index contributed by atoms with van der Waals surface area (Å²) in [5.74, 6) is -0.302. The van der Waals surface area contributed by atoms with Gasteiger partial charge in [0.25, 0.3) is 5.91 Å². The van der Waals surface area contributed by atoms with Crippen molar-refractivity contribution < 1.29 is 31.2 Å². The Balaban J connectivity index is 1.74. The Kier molecular flexibility index (Phi) is 7.97. The molecule has 1 amide bonds. The van der Waals surface area contributed by atoms with Crippen LogP contribution in [0.25, 0.3) is 0 Å². The molecule has 3 N–H and O–H groups in total. The lowest BCUT2D eigenvalue weighted by Crippen LogP contribution is -2.26. The second kappa shape index (κ2) is 11.1. The summed E-state index contributed by atoms with van der Waals surface area (Å²) >= 11 is 0. The summed E-state index contributed by atoms with van der Waals surface area (Å²) in [6.07, 6.45) is -0.310. The molecule has 10 nitrogen and oxygen atoms in total. The Morgan fingerprint density at radius 3 is 2.49 bits per heavy atom. The zero-order valence-corrected chi connectivity index (χ0v) is 22.2. The number of hydrogen-bond acceptors (Lipinski definition) is 8. The van der Waals surface area contributed by atoms with E-state index in [1.165, 1.54) is 31.4 Å². The van der Waals surface area contributed by atoms with Crippen LogP contribution in [0.4, 0.5) is 41.9 Å². The van der Waals surface area contributed by atoms with Gasteiger partial charge in [-0.25, -0.2) is 23.9 Å². The van der Waals surface area contributed by atoms with Gasteiger partial charge in [0, 0.05) is 19.3 Å². The monoisotopic (exact) mass is 564 g/mol. The Bertz CT molecular complexity index is 1480. The van der Waals surface area contributed by atoms with Crippen molar-refractivity contribution in [3.05, 3.63) is 65.5 Å². The number of rotatable bonds is 10. The van der Waals surface area contributed by atoms with Crippen molar-refractivity contribution >= 4 is 44.6 Å². The maximum absolute atomic E-state index is 13.1.